The second-order valence-electron chi connectivity index (χ2n) is 4.39. The quantitative estimate of drug-likeness (QED) is 0.764. The molecule has 0 unspecified atom stereocenters. The van der Waals surface area contributed by atoms with E-state index in [1.165, 1.54) is 0 Å². The molecule has 0 aliphatic rings. The van der Waals surface area contributed by atoms with E-state index in [-0.39, 0.29) is 5.97 Å². The summed E-state index contributed by atoms with van der Waals surface area (Å²) in [6.07, 6.45) is 0. The fourth-order valence-corrected chi connectivity index (χ4v) is 2.40. The number of rotatable bonds is 5. The maximum Gasteiger partial charge on any atom is 0.338 e. The van der Waals surface area contributed by atoms with Crippen LogP contribution >= 0.6 is 27.5 Å². The van der Waals surface area contributed by atoms with E-state index in [9.17, 15) is 4.79 Å². The van der Waals surface area contributed by atoms with Gasteiger partial charge >= 0.3 is 5.97 Å². The van der Waals surface area contributed by atoms with Crippen molar-refractivity contribution in [3.63, 3.8) is 0 Å². The predicted molar refractivity (Wildman–Crippen MR) is 88.9 cm³/mol. The first-order valence-electron chi connectivity index (χ1n) is 6.55. The number of hydrogen-bond acceptors (Lipinski definition) is 3. The van der Waals surface area contributed by atoms with E-state index in [4.69, 9.17) is 16.3 Å². The molecule has 0 amide bonds. The van der Waals surface area contributed by atoms with Crippen molar-refractivity contribution in [1.29, 1.82) is 0 Å². The molecule has 21 heavy (non-hydrogen) atoms. The Hall–Kier alpha value is -1.52. The molecule has 5 heteroatoms. The van der Waals surface area contributed by atoms with Gasteiger partial charge in [-0.1, -0.05) is 27.5 Å². The third-order valence-corrected chi connectivity index (χ3v) is 3.90. The minimum absolute atomic E-state index is 0.304. The summed E-state index contributed by atoms with van der Waals surface area (Å²) in [6.45, 7) is 2.80. The molecule has 0 saturated heterocycles. The highest BCUT2D eigenvalue weighted by Crippen LogP contribution is 2.22. The Labute approximate surface area is 137 Å². The molecule has 0 aromatic heterocycles. The minimum Gasteiger partial charge on any atom is -0.462 e. The minimum atomic E-state index is -0.304. The van der Waals surface area contributed by atoms with E-state index in [0.717, 1.165) is 15.7 Å². The first-order valence-corrected chi connectivity index (χ1v) is 7.72. The van der Waals surface area contributed by atoms with Crippen LogP contribution < -0.4 is 5.32 Å². The largest absolute Gasteiger partial charge is 0.462 e. The lowest BCUT2D eigenvalue weighted by Crippen LogP contribution is -2.05. The first kappa shape index (κ1) is 15.9. The highest BCUT2D eigenvalue weighted by molar-refractivity contribution is 9.10. The number of esters is 1. The van der Waals surface area contributed by atoms with Crippen molar-refractivity contribution < 1.29 is 9.53 Å². The van der Waals surface area contributed by atoms with Crippen LogP contribution in [-0.2, 0) is 11.3 Å². The molecular weight excluding hydrogens is 354 g/mol. The summed E-state index contributed by atoms with van der Waals surface area (Å²) in [5, 5.41) is 3.99. The molecule has 0 atom stereocenters. The van der Waals surface area contributed by atoms with E-state index in [2.05, 4.69) is 21.2 Å². The van der Waals surface area contributed by atoms with Gasteiger partial charge in [-0.25, -0.2) is 4.79 Å². The molecule has 0 spiro atoms. The van der Waals surface area contributed by atoms with E-state index in [0.29, 0.717) is 23.7 Å². The molecule has 0 aliphatic carbocycles. The Morgan fingerprint density at radius 2 is 1.95 bits per heavy atom. The van der Waals surface area contributed by atoms with Crippen molar-refractivity contribution in [1.82, 2.24) is 0 Å². The van der Waals surface area contributed by atoms with Crippen molar-refractivity contribution >= 4 is 39.2 Å². The van der Waals surface area contributed by atoms with Gasteiger partial charge in [-0.2, -0.15) is 0 Å². The zero-order valence-electron chi connectivity index (χ0n) is 11.5. The second kappa shape index (κ2) is 7.48. The fourth-order valence-electron chi connectivity index (χ4n) is 1.81. The van der Waals surface area contributed by atoms with Crippen molar-refractivity contribution in [2.24, 2.45) is 0 Å². The summed E-state index contributed by atoms with van der Waals surface area (Å²) in [4.78, 5) is 11.6. The van der Waals surface area contributed by atoms with Crippen LogP contribution in [-0.4, -0.2) is 12.6 Å². The van der Waals surface area contributed by atoms with Gasteiger partial charge < -0.3 is 10.1 Å². The molecule has 110 valence electrons. The maximum atomic E-state index is 11.6. The molecule has 0 heterocycles. The Kier molecular flexibility index (Phi) is 5.65. The van der Waals surface area contributed by atoms with E-state index >= 15 is 0 Å². The number of carbonyl (C=O) groups excluding carboxylic acids is 1. The molecular formula is C16H15BrClNO2. The van der Waals surface area contributed by atoms with E-state index < -0.39 is 0 Å². The van der Waals surface area contributed by atoms with Gasteiger partial charge in [0.25, 0.3) is 0 Å². The lowest BCUT2D eigenvalue weighted by molar-refractivity contribution is 0.0526. The summed E-state index contributed by atoms with van der Waals surface area (Å²) in [5.41, 5.74) is 2.54. The normalized spacial score (nSPS) is 10.2. The SMILES string of the molecule is CCOC(=O)c1ccc(NCc2cc(Cl)ccc2Br)cc1. The summed E-state index contributed by atoms with van der Waals surface area (Å²) < 4.78 is 5.95. The number of hydrogen-bond donors (Lipinski definition) is 1. The van der Waals surface area contributed by atoms with Gasteiger partial charge in [0.05, 0.1) is 12.2 Å². The third-order valence-electron chi connectivity index (χ3n) is 2.89. The van der Waals surface area contributed by atoms with Gasteiger partial charge in [0.1, 0.15) is 0 Å². The van der Waals surface area contributed by atoms with Crippen LogP contribution in [0.2, 0.25) is 5.02 Å². The summed E-state index contributed by atoms with van der Waals surface area (Å²) in [6, 6.07) is 12.9. The molecule has 2 rings (SSSR count). The molecule has 0 aliphatic heterocycles. The van der Waals surface area contributed by atoms with Crippen molar-refractivity contribution in [3.05, 3.63) is 63.1 Å². The lowest BCUT2D eigenvalue weighted by Gasteiger charge is -2.09. The van der Waals surface area contributed by atoms with Crippen LogP contribution in [0.4, 0.5) is 5.69 Å². The van der Waals surface area contributed by atoms with Crippen molar-refractivity contribution in [2.75, 3.05) is 11.9 Å². The average Bonchev–Trinajstić information content (AvgIpc) is 2.49. The standard InChI is InChI=1S/C16H15BrClNO2/c1-2-21-16(20)11-3-6-14(7-4-11)19-10-12-9-13(18)5-8-15(12)17/h3-9,19H,2,10H2,1H3. The van der Waals surface area contributed by atoms with Crippen LogP contribution in [0, 0.1) is 0 Å². The lowest BCUT2D eigenvalue weighted by atomic mass is 10.2. The van der Waals surface area contributed by atoms with E-state index in [1.807, 2.05) is 30.3 Å². The average molecular weight is 369 g/mol. The molecule has 0 saturated carbocycles. The predicted octanol–water partition coefficient (Wildman–Crippen LogP) is 4.89. The van der Waals surface area contributed by atoms with Crippen LogP contribution in [0.3, 0.4) is 0 Å². The monoisotopic (exact) mass is 367 g/mol. The number of carbonyl (C=O) groups is 1. The molecule has 0 bridgehead atoms. The molecule has 2 aromatic carbocycles. The Morgan fingerprint density at radius 1 is 1.24 bits per heavy atom. The second-order valence-corrected chi connectivity index (χ2v) is 5.68. The number of ether oxygens (including phenoxy) is 1. The smallest absolute Gasteiger partial charge is 0.338 e. The Morgan fingerprint density at radius 3 is 2.62 bits per heavy atom. The molecule has 1 N–H and O–H groups in total. The fraction of sp³-hybridized carbons (Fsp3) is 0.188. The number of halogens is 2. The zero-order chi connectivity index (χ0) is 15.2. The van der Waals surface area contributed by atoms with Crippen LogP contribution in [0.5, 0.6) is 0 Å². The van der Waals surface area contributed by atoms with Gasteiger partial charge in [0, 0.05) is 21.7 Å². The van der Waals surface area contributed by atoms with E-state index in [1.54, 1.807) is 19.1 Å². The highest BCUT2D eigenvalue weighted by Gasteiger charge is 2.06. The zero-order valence-corrected chi connectivity index (χ0v) is 13.9. The van der Waals surface area contributed by atoms with Crippen molar-refractivity contribution in [2.45, 2.75) is 13.5 Å². The van der Waals surface area contributed by atoms with Crippen LogP contribution in [0.15, 0.2) is 46.9 Å². The summed E-state index contributed by atoms with van der Waals surface area (Å²) in [5.74, 6) is -0.304. The van der Waals surface area contributed by atoms with Crippen molar-refractivity contribution in [3.8, 4) is 0 Å². The molecule has 2 aromatic rings. The number of nitrogens with one attached hydrogen (secondary N) is 1. The van der Waals surface area contributed by atoms with Gasteiger partial charge in [-0.15, -0.1) is 0 Å². The summed E-state index contributed by atoms with van der Waals surface area (Å²) >= 11 is 9.48. The van der Waals surface area contributed by atoms with Gasteiger partial charge in [-0.05, 0) is 55.0 Å². The van der Waals surface area contributed by atoms with Gasteiger partial charge in [0.2, 0.25) is 0 Å². The summed E-state index contributed by atoms with van der Waals surface area (Å²) in [7, 11) is 0. The molecule has 0 fully saturated rings. The maximum absolute atomic E-state index is 11.6. The van der Waals surface area contributed by atoms with Crippen LogP contribution in [0.25, 0.3) is 0 Å². The number of anilines is 1. The molecule has 3 nitrogen and oxygen atoms in total. The van der Waals surface area contributed by atoms with Crippen LogP contribution in [0.1, 0.15) is 22.8 Å². The third kappa shape index (κ3) is 4.48. The topological polar surface area (TPSA) is 38.3 Å². The van der Waals surface area contributed by atoms with Gasteiger partial charge in [0.15, 0.2) is 0 Å². The number of benzene rings is 2. The highest BCUT2D eigenvalue weighted by atomic mass is 79.9. The Bertz CT molecular complexity index is 629. The first-order chi connectivity index (χ1) is 10.1. The Balaban J connectivity index is 2.00. The molecule has 0 radical (unpaired) electrons. The van der Waals surface area contributed by atoms with Gasteiger partial charge in [-0.3, -0.25) is 0 Å².